The van der Waals surface area contributed by atoms with E-state index < -0.39 is 0 Å². The van der Waals surface area contributed by atoms with Crippen molar-refractivity contribution in [3.8, 4) is 0 Å². The van der Waals surface area contributed by atoms with Crippen molar-refractivity contribution < 1.29 is 9.53 Å². The largest absolute Gasteiger partial charge is 0.374 e. The summed E-state index contributed by atoms with van der Waals surface area (Å²) in [6.45, 7) is 5.10. The van der Waals surface area contributed by atoms with Gasteiger partial charge in [0.25, 0.3) is 0 Å². The van der Waals surface area contributed by atoms with Crippen molar-refractivity contribution in [3.63, 3.8) is 0 Å². The van der Waals surface area contributed by atoms with Crippen LogP contribution in [-0.2, 0) is 9.53 Å². The van der Waals surface area contributed by atoms with Gasteiger partial charge in [0.1, 0.15) is 6.61 Å². The van der Waals surface area contributed by atoms with Crippen molar-refractivity contribution in [1.29, 1.82) is 0 Å². The van der Waals surface area contributed by atoms with Crippen molar-refractivity contribution in [2.24, 2.45) is 0 Å². The summed E-state index contributed by atoms with van der Waals surface area (Å²) in [6.07, 6.45) is 9.54. The van der Waals surface area contributed by atoms with Crippen LogP contribution in [-0.4, -0.2) is 19.0 Å². The van der Waals surface area contributed by atoms with Crippen molar-refractivity contribution >= 4 is 5.78 Å². The van der Waals surface area contributed by atoms with Crippen LogP contribution in [0.25, 0.3) is 0 Å². The van der Waals surface area contributed by atoms with E-state index in [0.717, 1.165) is 6.42 Å². The first kappa shape index (κ1) is 14.6. The molecule has 0 aromatic carbocycles. The Kier molecular flexibility index (Phi) is 11.4. The fourth-order valence-corrected chi connectivity index (χ4v) is 1.57. The lowest BCUT2D eigenvalue weighted by atomic mass is 10.1. The third kappa shape index (κ3) is 11.6. The lowest BCUT2D eigenvalue weighted by Gasteiger charge is -2.01. The number of hydrogen-bond donors (Lipinski definition) is 0. The first-order valence-electron chi connectivity index (χ1n) is 6.40. The Balaban J connectivity index is 3.06. The molecule has 0 aliphatic heterocycles. The van der Waals surface area contributed by atoms with E-state index in [2.05, 4.69) is 6.92 Å². The van der Waals surface area contributed by atoms with Crippen LogP contribution in [0.15, 0.2) is 0 Å². The van der Waals surface area contributed by atoms with Gasteiger partial charge in [-0.3, -0.25) is 4.79 Å². The normalized spacial score (nSPS) is 10.5. The third-order valence-corrected chi connectivity index (χ3v) is 2.53. The zero-order valence-corrected chi connectivity index (χ0v) is 10.4. The second-order valence-corrected chi connectivity index (χ2v) is 4.05. The Labute approximate surface area is 94.4 Å². The topological polar surface area (TPSA) is 26.3 Å². The fraction of sp³-hybridized carbons (Fsp3) is 0.923. The van der Waals surface area contributed by atoms with E-state index in [-0.39, 0.29) is 5.78 Å². The lowest BCUT2D eigenvalue weighted by Crippen LogP contribution is -2.07. The molecule has 0 radical (unpaired) electrons. The minimum absolute atomic E-state index is 0.255. The van der Waals surface area contributed by atoms with Gasteiger partial charge in [-0.05, 0) is 13.3 Å². The summed E-state index contributed by atoms with van der Waals surface area (Å²) in [5, 5.41) is 0. The highest BCUT2D eigenvalue weighted by molar-refractivity contribution is 5.79. The van der Waals surface area contributed by atoms with Crippen LogP contribution in [0.4, 0.5) is 0 Å². The molecule has 0 spiro atoms. The van der Waals surface area contributed by atoms with Crippen molar-refractivity contribution in [2.45, 2.75) is 65.2 Å². The Bertz CT molecular complexity index is 143. The van der Waals surface area contributed by atoms with Crippen LogP contribution in [0.3, 0.4) is 0 Å². The monoisotopic (exact) mass is 214 g/mol. The molecule has 0 heterocycles. The molecule has 0 saturated carbocycles. The summed E-state index contributed by atoms with van der Waals surface area (Å²) in [5.41, 5.74) is 0. The van der Waals surface area contributed by atoms with E-state index in [0.29, 0.717) is 19.6 Å². The highest BCUT2D eigenvalue weighted by Gasteiger charge is 2.00. The average molecular weight is 214 g/mol. The number of carbonyl (C=O) groups is 1. The molecule has 0 aliphatic rings. The average Bonchev–Trinajstić information content (AvgIpc) is 2.25. The standard InChI is InChI=1S/C13H26O2/c1-3-5-6-7-8-9-10-11-13(14)12-15-4-2/h3-12H2,1-2H3. The highest BCUT2D eigenvalue weighted by Crippen LogP contribution is 2.08. The van der Waals surface area contributed by atoms with Gasteiger partial charge in [0.05, 0.1) is 0 Å². The van der Waals surface area contributed by atoms with Crippen molar-refractivity contribution in [2.75, 3.05) is 13.2 Å². The molecule has 2 nitrogen and oxygen atoms in total. The highest BCUT2D eigenvalue weighted by atomic mass is 16.5. The molecule has 15 heavy (non-hydrogen) atoms. The smallest absolute Gasteiger partial charge is 0.158 e. The number of ketones is 1. The fourth-order valence-electron chi connectivity index (χ4n) is 1.57. The molecule has 0 saturated heterocycles. The molecule has 0 fully saturated rings. The van der Waals surface area contributed by atoms with E-state index in [1.54, 1.807) is 0 Å². The predicted molar refractivity (Wildman–Crippen MR) is 64.1 cm³/mol. The summed E-state index contributed by atoms with van der Waals surface area (Å²) >= 11 is 0. The second-order valence-electron chi connectivity index (χ2n) is 4.05. The summed E-state index contributed by atoms with van der Waals surface area (Å²) in [4.78, 5) is 11.2. The van der Waals surface area contributed by atoms with Crippen molar-refractivity contribution in [1.82, 2.24) is 0 Å². The molecule has 0 aliphatic carbocycles. The SMILES string of the molecule is CCCCCCCCCC(=O)COCC. The van der Waals surface area contributed by atoms with E-state index in [1.807, 2.05) is 6.92 Å². The molecule has 0 rings (SSSR count). The molecule has 2 heteroatoms. The maximum Gasteiger partial charge on any atom is 0.158 e. The van der Waals surface area contributed by atoms with Gasteiger partial charge in [0.15, 0.2) is 5.78 Å². The zero-order valence-electron chi connectivity index (χ0n) is 10.4. The zero-order chi connectivity index (χ0) is 11.4. The van der Waals surface area contributed by atoms with Crippen LogP contribution in [0, 0.1) is 0 Å². The Hall–Kier alpha value is -0.370. The molecular formula is C13H26O2. The second kappa shape index (κ2) is 11.7. The number of ether oxygens (including phenoxy) is 1. The summed E-state index contributed by atoms with van der Waals surface area (Å²) in [5.74, 6) is 0.255. The molecule has 0 N–H and O–H groups in total. The number of carbonyl (C=O) groups excluding carboxylic acids is 1. The molecule has 0 atom stereocenters. The maximum absolute atomic E-state index is 11.2. The van der Waals surface area contributed by atoms with E-state index in [1.165, 1.54) is 38.5 Å². The van der Waals surface area contributed by atoms with Crippen LogP contribution in [0.2, 0.25) is 0 Å². The Morgan fingerprint density at radius 3 is 2.13 bits per heavy atom. The van der Waals surface area contributed by atoms with Crippen LogP contribution < -0.4 is 0 Å². The maximum atomic E-state index is 11.2. The van der Waals surface area contributed by atoms with Gasteiger partial charge < -0.3 is 4.74 Å². The van der Waals surface area contributed by atoms with Crippen molar-refractivity contribution in [3.05, 3.63) is 0 Å². The molecular weight excluding hydrogens is 188 g/mol. The third-order valence-electron chi connectivity index (χ3n) is 2.53. The lowest BCUT2D eigenvalue weighted by molar-refractivity contribution is -0.123. The Morgan fingerprint density at radius 2 is 1.53 bits per heavy atom. The van der Waals surface area contributed by atoms with Gasteiger partial charge in [0.2, 0.25) is 0 Å². The number of Topliss-reactive ketones (excluding diaryl/α,β-unsaturated/α-hetero) is 1. The van der Waals surface area contributed by atoms with E-state index >= 15 is 0 Å². The molecule has 0 bridgehead atoms. The van der Waals surface area contributed by atoms with Gasteiger partial charge in [0, 0.05) is 13.0 Å². The van der Waals surface area contributed by atoms with Gasteiger partial charge in [-0.1, -0.05) is 45.4 Å². The minimum atomic E-state index is 0.255. The van der Waals surface area contributed by atoms with E-state index in [9.17, 15) is 4.79 Å². The quantitative estimate of drug-likeness (QED) is 0.490. The van der Waals surface area contributed by atoms with Gasteiger partial charge >= 0.3 is 0 Å². The Morgan fingerprint density at radius 1 is 0.933 bits per heavy atom. The number of rotatable bonds is 11. The molecule has 0 unspecified atom stereocenters. The predicted octanol–water partition coefficient (Wildman–Crippen LogP) is 3.73. The molecule has 0 amide bonds. The van der Waals surface area contributed by atoms with Gasteiger partial charge in [-0.2, -0.15) is 0 Å². The van der Waals surface area contributed by atoms with Crippen LogP contribution in [0.1, 0.15) is 65.2 Å². The van der Waals surface area contributed by atoms with Crippen LogP contribution in [0.5, 0.6) is 0 Å². The van der Waals surface area contributed by atoms with E-state index in [4.69, 9.17) is 4.74 Å². The summed E-state index contributed by atoms with van der Waals surface area (Å²) in [7, 11) is 0. The van der Waals surface area contributed by atoms with Gasteiger partial charge in [-0.25, -0.2) is 0 Å². The first-order valence-corrected chi connectivity index (χ1v) is 6.40. The van der Waals surface area contributed by atoms with Gasteiger partial charge in [-0.15, -0.1) is 0 Å². The van der Waals surface area contributed by atoms with Crippen LogP contribution >= 0.6 is 0 Å². The molecule has 90 valence electrons. The number of hydrogen-bond acceptors (Lipinski definition) is 2. The molecule has 0 aromatic heterocycles. The first-order chi connectivity index (χ1) is 7.31. The minimum Gasteiger partial charge on any atom is -0.374 e. The number of unbranched alkanes of at least 4 members (excludes halogenated alkanes) is 6. The summed E-state index contributed by atoms with van der Waals surface area (Å²) in [6, 6.07) is 0. The molecule has 0 aromatic rings. The summed E-state index contributed by atoms with van der Waals surface area (Å²) < 4.78 is 5.06.